The lowest BCUT2D eigenvalue weighted by Crippen LogP contribution is -2.16. The second kappa shape index (κ2) is 6.27. The van der Waals surface area contributed by atoms with Gasteiger partial charge in [0.2, 0.25) is 0 Å². The molecule has 116 valence electrons. The van der Waals surface area contributed by atoms with Crippen LogP contribution in [0.1, 0.15) is 53.8 Å². The van der Waals surface area contributed by atoms with Crippen molar-refractivity contribution in [1.82, 2.24) is 15.0 Å². The van der Waals surface area contributed by atoms with Crippen LogP contribution in [0.25, 0.3) is 5.69 Å². The van der Waals surface area contributed by atoms with E-state index in [-0.39, 0.29) is 12.6 Å². The fourth-order valence-electron chi connectivity index (χ4n) is 2.67. The van der Waals surface area contributed by atoms with Gasteiger partial charge in [-0.25, -0.2) is 9.48 Å². The summed E-state index contributed by atoms with van der Waals surface area (Å²) in [6.45, 7) is 2.03. The number of hydrogen-bond donors (Lipinski definition) is 1. The summed E-state index contributed by atoms with van der Waals surface area (Å²) in [6.07, 6.45) is 3.39. The van der Waals surface area contributed by atoms with Crippen LogP contribution in [0.5, 0.6) is 0 Å². The Morgan fingerprint density at radius 1 is 1.36 bits per heavy atom. The molecule has 1 aliphatic carbocycles. The molecular formula is C16H19N3O3. The van der Waals surface area contributed by atoms with Crippen molar-refractivity contribution in [3.63, 3.8) is 0 Å². The molecule has 6 nitrogen and oxygen atoms in total. The minimum atomic E-state index is -0.331. The molecule has 0 saturated heterocycles. The molecule has 1 heterocycles. The van der Waals surface area contributed by atoms with Crippen LogP contribution in [0.4, 0.5) is 0 Å². The molecule has 3 rings (SSSR count). The molecule has 2 aromatic rings. The number of ether oxygens (including phenoxy) is 1. The zero-order chi connectivity index (χ0) is 15.5. The lowest BCUT2D eigenvalue weighted by atomic mass is 9.82. The zero-order valence-corrected chi connectivity index (χ0v) is 12.5. The summed E-state index contributed by atoms with van der Waals surface area (Å²) in [5, 5.41) is 17.7. The Morgan fingerprint density at radius 2 is 2.09 bits per heavy atom. The Balaban J connectivity index is 1.91. The van der Waals surface area contributed by atoms with E-state index in [9.17, 15) is 9.90 Å². The second-order valence-electron chi connectivity index (χ2n) is 5.39. The minimum Gasteiger partial charge on any atom is -0.462 e. The Hall–Kier alpha value is -2.21. The van der Waals surface area contributed by atoms with Crippen molar-refractivity contribution in [3.05, 3.63) is 41.2 Å². The first-order valence-corrected chi connectivity index (χ1v) is 7.57. The molecule has 0 spiro atoms. The highest BCUT2D eigenvalue weighted by Gasteiger charge is 2.27. The summed E-state index contributed by atoms with van der Waals surface area (Å²) in [5.41, 5.74) is 2.97. The van der Waals surface area contributed by atoms with Gasteiger partial charge in [0.05, 0.1) is 30.2 Å². The summed E-state index contributed by atoms with van der Waals surface area (Å²) in [4.78, 5) is 11.7. The molecule has 6 heteroatoms. The van der Waals surface area contributed by atoms with Crippen molar-refractivity contribution >= 4 is 5.97 Å². The van der Waals surface area contributed by atoms with Gasteiger partial charge in [-0.3, -0.25) is 0 Å². The summed E-state index contributed by atoms with van der Waals surface area (Å²) in [5.74, 6) is 0.0739. The molecule has 1 aromatic carbocycles. The van der Waals surface area contributed by atoms with Crippen molar-refractivity contribution in [2.24, 2.45) is 0 Å². The van der Waals surface area contributed by atoms with E-state index in [4.69, 9.17) is 4.74 Å². The quantitative estimate of drug-likeness (QED) is 0.857. The van der Waals surface area contributed by atoms with E-state index in [1.165, 1.54) is 6.42 Å². The van der Waals surface area contributed by atoms with E-state index in [2.05, 4.69) is 10.3 Å². The van der Waals surface area contributed by atoms with Crippen molar-refractivity contribution in [3.8, 4) is 5.69 Å². The molecular weight excluding hydrogens is 282 g/mol. The first-order valence-electron chi connectivity index (χ1n) is 7.57. The molecule has 0 radical (unpaired) electrons. The van der Waals surface area contributed by atoms with Crippen molar-refractivity contribution in [2.75, 3.05) is 6.61 Å². The molecule has 1 fully saturated rings. The van der Waals surface area contributed by atoms with Crippen LogP contribution >= 0.6 is 0 Å². The predicted molar refractivity (Wildman–Crippen MR) is 79.8 cm³/mol. The van der Waals surface area contributed by atoms with Crippen molar-refractivity contribution in [1.29, 1.82) is 0 Å². The molecule has 1 aromatic heterocycles. The third-order valence-corrected chi connectivity index (χ3v) is 4.04. The Labute approximate surface area is 128 Å². The van der Waals surface area contributed by atoms with Crippen LogP contribution in [0.3, 0.4) is 0 Å². The molecule has 1 N–H and O–H groups in total. The highest BCUT2D eigenvalue weighted by atomic mass is 16.5. The van der Waals surface area contributed by atoms with Crippen LogP contribution in [-0.4, -0.2) is 32.7 Å². The van der Waals surface area contributed by atoms with E-state index in [0.29, 0.717) is 23.8 Å². The maximum atomic E-state index is 11.7. The van der Waals surface area contributed by atoms with E-state index < -0.39 is 0 Å². The molecule has 1 aliphatic rings. The SMILES string of the molecule is CCOC(=O)c1ccc(-n2nnc(CO)c2C2CCC2)cc1. The van der Waals surface area contributed by atoms with E-state index in [1.807, 2.05) is 12.1 Å². The van der Waals surface area contributed by atoms with Gasteiger partial charge in [-0.05, 0) is 44.0 Å². The van der Waals surface area contributed by atoms with Gasteiger partial charge in [0.25, 0.3) is 0 Å². The van der Waals surface area contributed by atoms with Crippen LogP contribution in [0.15, 0.2) is 24.3 Å². The number of benzene rings is 1. The van der Waals surface area contributed by atoms with Crippen LogP contribution in [0, 0.1) is 0 Å². The minimum absolute atomic E-state index is 0.104. The van der Waals surface area contributed by atoms with Gasteiger partial charge in [-0.15, -0.1) is 5.10 Å². The monoisotopic (exact) mass is 301 g/mol. The van der Waals surface area contributed by atoms with Crippen LogP contribution in [0.2, 0.25) is 0 Å². The topological polar surface area (TPSA) is 77.2 Å². The number of rotatable bonds is 5. The molecule has 22 heavy (non-hydrogen) atoms. The normalized spacial score (nSPS) is 14.6. The van der Waals surface area contributed by atoms with Crippen LogP contribution in [-0.2, 0) is 11.3 Å². The Kier molecular flexibility index (Phi) is 4.20. The number of esters is 1. The third-order valence-electron chi connectivity index (χ3n) is 4.04. The molecule has 0 bridgehead atoms. The highest BCUT2D eigenvalue weighted by Crippen LogP contribution is 2.38. The fourth-order valence-corrected chi connectivity index (χ4v) is 2.67. The first-order chi connectivity index (χ1) is 10.7. The van der Waals surface area contributed by atoms with E-state index in [1.54, 1.807) is 23.7 Å². The summed E-state index contributed by atoms with van der Waals surface area (Å²) < 4.78 is 6.74. The lowest BCUT2D eigenvalue weighted by molar-refractivity contribution is 0.0526. The third kappa shape index (κ3) is 2.62. The Morgan fingerprint density at radius 3 is 2.64 bits per heavy atom. The van der Waals surface area contributed by atoms with Crippen LogP contribution < -0.4 is 0 Å². The van der Waals surface area contributed by atoms with Gasteiger partial charge in [-0.2, -0.15) is 0 Å². The average Bonchev–Trinajstić information content (AvgIpc) is 2.89. The largest absolute Gasteiger partial charge is 0.462 e. The number of nitrogens with zero attached hydrogens (tertiary/aromatic N) is 3. The molecule has 0 amide bonds. The van der Waals surface area contributed by atoms with Gasteiger partial charge in [0.15, 0.2) is 0 Å². The maximum Gasteiger partial charge on any atom is 0.338 e. The van der Waals surface area contributed by atoms with Crippen molar-refractivity contribution in [2.45, 2.75) is 38.7 Å². The summed E-state index contributed by atoms with van der Waals surface area (Å²) in [6, 6.07) is 7.09. The van der Waals surface area contributed by atoms with E-state index in [0.717, 1.165) is 24.2 Å². The smallest absolute Gasteiger partial charge is 0.338 e. The molecule has 0 atom stereocenters. The number of aliphatic hydroxyl groups is 1. The van der Waals surface area contributed by atoms with E-state index >= 15 is 0 Å². The number of carbonyl (C=O) groups is 1. The van der Waals surface area contributed by atoms with Gasteiger partial charge >= 0.3 is 5.97 Å². The van der Waals surface area contributed by atoms with Gasteiger partial charge in [-0.1, -0.05) is 11.6 Å². The number of aliphatic hydroxyl groups excluding tert-OH is 1. The zero-order valence-electron chi connectivity index (χ0n) is 12.5. The molecule has 0 aliphatic heterocycles. The van der Waals surface area contributed by atoms with Gasteiger partial charge in [0.1, 0.15) is 5.69 Å². The fraction of sp³-hybridized carbons (Fsp3) is 0.438. The number of carbonyl (C=O) groups excluding carboxylic acids is 1. The second-order valence-corrected chi connectivity index (χ2v) is 5.39. The first kappa shape index (κ1) is 14.7. The maximum absolute atomic E-state index is 11.7. The van der Waals surface area contributed by atoms with Gasteiger partial charge < -0.3 is 9.84 Å². The highest BCUT2D eigenvalue weighted by molar-refractivity contribution is 5.89. The standard InChI is InChI=1S/C16H19N3O3/c1-2-22-16(21)12-6-8-13(9-7-12)19-15(11-4-3-5-11)14(10-20)17-18-19/h6-9,11,20H,2-5,10H2,1H3. The lowest BCUT2D eigenvalue weighted by Gasteiger charge is -2.26. The average molecular weight is 301 g/mol. The molecule has 1 saturated carbocycles. The Bertz CT molecular complexity index is 660. The van der Waals surface area contributed by atoms with Crippen molar-refractivity contribution < 1.29 is 14.6 Å². The van der Waals surface area contributed by atoms with Gasteiger partial charge in [0, 0.05) is 5.92 Å². The summed E-state index contributed by atoms with van der Waals surface area (Å²) in [7, 11) is 0. The molecule has 0 unspecified atom stereocenters. The number of hydrogen-bond acceptors (Lipinski definition) is 5. The summed E-state index contributed by atoms with van der Waals surface area (Å²) >= 11 is 0. The number of aromatic nitrogens is 3. The predicted octanol–water partition coefficient (Wildman–Crippen LogP) is 2.20.